The van der Waals surface area contributed by atoms with Crippen LogP contribution < -0.4 is 0 Å². The number of amides is 1. The van der Waals surface area contributed by atoms with Gasteiger partial charge in [0.15, 0.2) is 0 Å². The van der Waals surface area contributed by atoms with Gasteiger partial charge in [-0.25, -0.2) is 0 Å². The van der Waals surface area contributed by atoms with E-state index in [4.69, 9.17) is 0 Å². The van der Waals surface area contributed by atoms with Crippen LogP contribution in [0.15, 0.2) is 66.7 Å². The Hall–Kier alpha value is -2.65. The first kappa shape index (κ1) is 24.5. The van der Waals surface area contributed by atoms with Crippen molar-refractivity contribution < 1.29 is 4.79 Å². The zero-order valence-corrected chi connectivity index (χ0v) is 21.3. The molecular formula is C31H40N2O. The SMILES string of the molecule is C[C@@H](CC1CCCC(c2ccc(C(=O)N(C)CCN(C)C)cc2)C1)c1cccc2ccccc12. The highest BCUT2D eigenvalue weighted by Gasteiger charge is 2.25. The number of likely N-dealkylation sites (N-methyl/N-ethyl adjacent to an activating group) is 2. The molecule has 3 aromatic carbocycles. The summed E-state index contributed by atoms with van der Waals surface area (Å²) in [5, 5.41) is 2.75. The molecule has 3 heteroatoms. The summed E-state index contributed by atoms with van der Waals surface area (Å²) in [5.41, 5.74) is 3.68. The monoisotopic (exact) mass is 456 g/mol. The van der Waals surface area contributed by atoms with Crippen molar-refractivity contribution in [2.45, 2.75) is 50.9 Å². The van der Waals surface area contributed by atoms with Crippen molar-refractivity contribution in [2.75, 3.05) is 34.2 Å². The highest BCUT2D eigenvalue weighted by Crippen LogP contribution is 2.41. The van der Waals surface area contributed by atoms with E-state index in [0.29, 0.717) is 11.8 Å². The molecule has 34 heavy (non-hydrogen) atoms. The topological polar surface area (TPSA) is 23.6 Å². The molecule has 0 heterocycles. The van der Waals surface area contributed by atoms with Gasteiger partial charge in [0.25, 0.3) is 5.91 Å². The maximum absolute atomic E-state index is 12.8. The summed E-state index contributed by atoms with van der Waals surface area (Å²) >= 11 is 0. The minimum absolute atomic E-state index is 0.110. The van der Waals surface area contributed by atoms with Crippen LogP contribution in [-0.4, -0.2) is 49.9 Å². The highest BCUT2D eigenvalue weighted by atomic mass is 16.2. The van der Waals surface area contributed by atoms with E-state index in [1.54, 1.807) is 0 Å². The first-order valence-electron chi connectivity index (χ1n) is 12.9. The van der Waals surface area contributed by atoms with Crippen molar-refractivity contribution in [1.82, 2.24) is 9.80 Å². The Morgan fingerprint density at radius 3 is 2.41 bits per heavy atom. The van der Waals surface area contributed by atoms with Gasteiger partial charge in [0, 0.05) is 25.7 Å². The molecule has 3 nitrogen and oxygen atoms in total. The predicted molar refractivity (Wildman–Crippen MR) is 144 cm³/mol. The van der Waals surface area contributed by atoms with Gasteiger partial charge in [0.2, 0.25) is 0 Å². The second-order valence-electron chi connectivity index (χ2n) is 10.6. The van der Waals surface area contributed by atoms with Crippen molar-refractivity contribution in [1.29, 1.82) is 0 Å². The van der Waals surface area contributed by atoms with Crippen molar-refractivity contribution in [3.63, 3.8) is 0 Å². The number of hydrogen-bond acceptors (Lipinski definition) is 2. The maximum Gasteiger partial charge on any atom is 0.253 e. The Balaban J connectivity index is 1.38. The molecule has 1 aliphatic carbocycles. The lowest BCUT2D eigenvalue weighted by Gasteiger charge is -2.31. The van der Waals surface area contributed by atoms with E-state index in [1.807, 2.05) is 38.2 Å². The Morgan fingerprint density at radius 1 is 0.912 bits per heavy atom. The van der Waals surface area contributed by atoms with Crippen molar-refractivity contribution in [3.8, 4) is 0 Å². The molecule has 180 valence electrons. The summed E-state index contributed by atoms with van der Waals surface area (Å²) in [5.74, 6) is 2.03. The molecule has 0 spiro atoms. The van der Waals surface area contributed by atoms with Crippen LogP contribution in [0.25, 0.3) is 10.8 Å². The van der Waals surface area contributed by atoms with Crippen LogP contribution in [0.3, 0.4) is 0 Å². The van der Waals surface area contributed by atoms with E-state index in [2.05, 4.69) is 66.4 Å². The molecule has 0 aromatic heterocycles. The Bertz CT molecular complexity index is 1080. The van der Waals surface area contributed by atoms with Gasteiger partial charge in [0.05, 0.1) is 0 Å². The fraction of sp³-hybridized carbons (Fsp3) is 0.452. The van der Waals surface area contributed by atoms with E-state index >= 15 is 0 Å². The van der Waals surface area contributed by atoms with Crippen LogP contribution in [0.1, 0.15) is 72.3 Å². The third-order valence-electron chi connectivity index (χ3n) is 7.68. The molecule has 2 unspecified atom stereocenters. The Kier molecular flexibility index (Phi) is 8.05. The first-order chi connectivity index (χ1) is 16.4. The van der Waals surface area contributed by atoms with E-state index in [-0.39, 0.29) is 5.91 Å². The van der Waals surface area contributed by atoms with Crippen LogP contribution in [-0.2, 0) is 0 Å². The molecule has 1 amide bonds. The minimum atomic E-state index is 0.110. The van der Waals surface area contributed by atoms with Gasteiger partial charge in [-0.1, -0.05) is 74.4 Å². The van der Waals surface area contributed by atoms with Gasteiger partial charge in [-0.3, -0.25) is 4.79 Å². The minimum Gasteiger partial charge on any atom is -0.340 e. The standard InChI is InChI=1S/C31H40N2O/c1-23(29-14-8-11-26-10-5-6-13-30(26)29)21-24-9-7-12-28(22-24)25-15-17-27(18-16-25)31(34)33(4)20-19-32(2)3/h5-6,8,10-11,13-18,23-24,28H,7,9,12,19-22H2,1-4H3/t23-,24?,28?/m0/s1. The van der Waals surface area contributed by atoms with Gasteiger partial charge in [-0.15, -0.1) is 0 Å². The molecule has 3 aromatic rings. The van der Waals surface area contributed by atoms with Crippen LogP contribution in [0.2, 0.25) is 0 Å². The van der Waals surface area contributed by atoms with E-state index in [1.165, 1.54) is 54.0 Å². The lowest BCUT2D eigenvalue weighted by atomic mass is 9.74. The normalized spacial score (nSPS) is 19.3. The molecule has 0 bridgehead atoms. The third-order valence-corrected chi connectivity index (χ3v) is 7.68. The molecular weight excluding hydrogens is 416 g/mol. The molecule has 1 saturated carbocycles. The molecule has 1 aliphatic rings. The Labute approximate surface area is 205 Å². The lowest BCUT2D eigenvalue weighted by Crippen LogP contribution is -2.33. The van der Waals surface area contributed by atoms with Crippen molar-refractivity contribution >= 4 is 16.7 Å². The van der Waals surface area contributed by atoms with Gasteiger partial charge in [0.1, 0.15) is 0 Å². The summed E-state index contributed by atoms with van der Waals surface area (Å²) in [6.07, 6.45) is 6.39. The molecule has 3 atom stereocenters. The van der Waals surface area contributed by atoms with E-state index < -0.39 is 0 Å². The molecule has 0 saturated heterocycles. The number of fused-ring (bicyclic) bond motifs is 1. The van der Waals surface area contributed by atoms with Crippen LogP contribution in [0, 0.1) is 5.92 Å². The fourth-order valence-corrected chi connectivity index (χ4v) is 5.68. The number of carbonyl (C=O) groups excluding carboxylic acids is 1. The largest absolute Gasteiger partial charge is 0.340 e. The Morgan fingerprint density at radius 2 is 1.65 bits per heavy atom. The quantitative estimate of drug-likeness (QED) is 0.366. The third kappa shape index (κ3) is 5.88. The average Bonchev–Trinajstić information content (AvgIpc) is 2.86. The summed E-state index contributed by atoms with van der Waals surface area (Å²) in [4.78, 5) is 16.7. The molecule has 1 fully saturated rings. The second kappa shape index (κ2) is 11.2. The number of benzene rings is 3. The number of carbonyl (C=O) groups is 1. The lowest BCUT2D eigenvalue weighted by molar-refractivity contribution is 0.0786. The summed E-state index contributed by atoms with van der Waals surface area (Å²) in [6.45, 7) is 4.02. The van der Waals surface area contributed by atoms with Gasteiger partial charge in [-0.2, -0.15) is 0 Å². The van der Waals surface area contributed by atoms with Gasteiger partial charge in [-0.05, 0) is 85.1 Å². The summed E-state index contributed by atoms with van der Waals surface area (Å²) < 4.78 is 0. The second-order valence-corrected chi connectivity index (χ2v) is 10.6. The summed E-state index contributed by atoms with van der Waals surface area (Å²) in [6, 6.07) is 24.0. The van der Waals surface area contributed by atoms with Crippen LogP contribution in [0.5, 0.6) is 0 Å². The number of nitrogens with zero attached hydrogens (tertiary/aromatic N) is 2. The van der Waals surface area contributed by atoms with E-state index in [9.17, 15) is 4.79 Å². The van der Waals surface area contributed by atoms with Crippen molar-refractivity contribution in [3.05, 3.63) is 83.4 Å². The highest BCUT2D eigenvalue weighted by molar-refractivity contribution is 5.94. The summed E-state index contributed by atoms with van der Waals surface area (Å²) in [7, 11) is 5.96. The fourth-order valence-electron chi connectivity index (χ4n) is 5.68. The molecule has 4 rings (SSSR count). The van der Waals surface area contributed by atoms with Crippen molar-refractivity contribution in [2.24, 2.45) is 5.92 Å². The molecule has 0 aliphatic heterocycles. The number of rotatable bonds is 8. The smallest absolute Gasteiger partial charge is 0.253 e. The molecule has 0 N–H and O–H groups in total. The zero-order valence-electron chi connectivity index (χ0n) is 21.3. The van der Waals surface area contributed by atoms with Crippen LogP contribution in [0.4, 0.5) is 0 Å². The van der Waals surface area contributed by atoms with Gasteiger partial charge >= 0.3 is 0 Å². The van der Waals surface area contributed by atoms with Gasteiger partial charge < -0.3 is 9.80 Å². The predicted octanol–water partition coefficient (Wildman–Crippen LogP) is 6.94. The zero-order chi connectivity index (χ0) is 24.1. The maximum atomic E-state index is 12.8. The number of hydrogen-bond donors (Lipinski definition) is 0. The first-order valence-corrected chi connectivity index (χ1v) is 12.9. The molecule has 0 radical (unpaired) electrons. The van der Waals surface area contributed by atoms with Crippen LogP contribution >= 0.6 is 0 Å². The van der Waals surface area contributed by atoms with E-state index in [0.717, 1.165) is 24.6 Å². The average molecular weight is 457 g/mol.